The lowest BCUT2D eigenvalue weighted by molar-refractivity contribution is 0.196. The second-order valence-corrected chi connectivity index (χ2v) is 5.47. The molecule has 22 heavy (non-hydrogen) atoms. The predicted molar refractivity (Wildman–Crippen MR) is 81.2 cm³/mol. The Morgan fingerprint density at radius 1 is 1.41 bits per heavy atom. The van der Waals surface area contributed by atoms with E-state index in [-0.39, 0.29) is 12.1 Å². The quantitative estimate of drug-likeness (QED) is 0.883. The second kappa shape index (κ2) is 7.13. The Labute approximate surface area is 129 Å². The Bertz CT molecular complexity index is 592. The minimum Gasteiger partial charge on any atom is -0.468 e. The van der Waals surface area contributed by atoms with Crippen LogP contribution in [-0.2, 0) is 6.54 Å². The van der Waals surface area contributed by atoms with E-state index in [9.17, 15) is 4.79 Å². The van der Waals surface area contributed by atoms with Crippen molar-refractivity contribution in [2.24, 2.45) is 0 Å². The van der Waals surface area contributed by atoms with Crippen molar-refractivity contribution in [2.45, 2.75) is 19.5 Å². The van der Waals surface area contributed by atoms with Crippen LogP contribution < -0.4 is 5.32 Å². The molecule has 2 heterocycles. The van der Waals surface area contributed by atoms with Crippen molar-refractivity contribution >= 4 is 6.03 Å². The third-order valence-corrected chi connectivity index (χ3v) is 3.36. The standard InChI is InChI=1S/C15H22N4O3/c1-11-8-12(17-22-11)10-19(4)15(20)16-9-13(18(2)3)14-6-5-7-21-14/h5-8,13H,9-10H2,1-4H3,(H,16,20)/t13-/m1/s1. The number of carbonyl (C=O) groups is 1. The number of nitrogens with one attached hydrogen (secondary N) is 1. The van der Waals surface area contributed by atoms with Crippen LogP contribution in [0.25, 0.3) is 0 Å². The summed E-state index contributed by atoms with van der Waals surface area (Å²) in [4.78, 5) is 15.7. The largest absolute Gasteiger partial charge is 0.468 e. The van der Waals surface area contributed by atoms with E-state index >= 15 is 0 Å². The highest BCUT2D eigenvalue weighted by molar-refractivity contribution is 5.73. The Morgan fingerprint density at radius 2 is 2.18 bits per heavy atom. The zero-order valence-electron chi connectivity index (χ0n) is 13.4. The van der Waals surface area contributed by atoms with Crippen molar-refractivity contribution < 1.29 is 13.7 Å². The highest BCUT2D eigenvalue weighted by Gasteiger charge is 2.19. The summed E-state index contributed by atoms with van der Waals surface area (Å²) in [5, 5.41) is 6.79. The van der Waals surface area contributed by atoms with Gasteiger partial charge in [-0.1, -0.05) is 5.16 Å². The third kappa shape index (κ3) is 4.11. The molecular weight excluding hydrogens is 284 g/mol. The molecular formula is C15H22N4O3. The maximum Gasteiger partial charge on any atom is 0.317 e. The normalized spacial score (nSPS) is 12.4. The fraction of sp³-hybridized carbons (Fsp3) is 0.467. The summed E-state index contributed by atoms with van der Waals surface area (Å²) in [6.45, 7) is 2.68. The highest BCUT2D eigenvalue weighted by atomic mass is 16.5. The molecule has 0 aliphatic rings. The number of urea groups is 1. The van der Waals surface area contributed by atoms with Crippen LogP contribution in [0, 0.1) is 6.92 Å². The number of nitrogens with zero attached hydrogens (tertiary/aromatic N) is 3. The minimum atomic E-state index is -0.168. The molecule has 2 aromatic heterocycles. The SMILES string of the molecule is Cc1cc(CN(C)C(=O)NC[C@H](c2ccco2)N(C)C)no1. The molecule has 0 fully saturated rings. The first-order valence-electron chi connectivity index (χ1n) is 7.08. The van der Waals surface area contributed by atoms with E-state index in [4.69, 9.17) is 8.94 Å². The fourth-order valence-electron chi connectivity index (χ4n) is 2.14. The van der Waals surface area contributed by atoms with Crippen LogP contribution in [0.1, 0.15) is 23.3 Å². The summed E-state index contributed by atoms with van der Waals surface area (Å²) in [5.41, 5.74) is 0.727. The van der Waals surface area contributed by atoms with Crippen LogP contribution in [0.2, 0.25) is 0 Å². The van der Waals surface area contributed by atoms with E-state index in [1.54, 1.807) is 18.2 Å². The van der Waals surface area contributed by atoms with Crippen molar-refractivity contribution in [2.75, 3.05) is 27.7 Å². The maximum atomic E-state index is 12.2. The lowest BCUT2D eigenvalue weighted by Crippen LogP contribution is -2.41. The molecule has 2 amide bonds. The van der Waals surface area contributed by atoms with Gasteiger partial charge >= 0.3 is 6.03 Å². The molecule has 7 nitrogen and oxygen atoms in total. The summed E-state index contributed by atoms with van der Waals surface area (Å²) >= 11 is 0. The van der Waals surface area contributed by atoms with Crippen LogP contribution in [0.15, 0.2) is 33.4 Å². The van der Waals surface area contributed by atoms with Gasteiger partial charge in [0, 0.05) is 19.7 Å². The smallest absolute Gasteiger partial charge is 0.317 e. The molecule has 1 N–H and O–H groups in total. The molecule has 0 spiro atoms. The van der Waals surface area contributed by atoms with Crippen molar-refractivity contribution in [3.8, 4) is 0 Å². The van der Waals surface area contributed by atoms with Gasteiger partial charge in [0.2, 0.25) is 0 Å². The lowest BCUT2D eigenvalue weighted by atomic mass is 10.2. The van der Waals surface area contributed by atoms with Crippen molar-refractivity contribution in [3.63, 3.8) is 0 Å². The summed E-state index contributed by atoms with van der Waals surface area (Å²) in [6, 6.07) is 5.38. The number of aryl methyl sites for hydroxylation is 1. The van der Waals surface area contributed by atoms with Crippen LogP contribution in [0.5, 0.6) is 0 Å². The Morgan fingerprint density at radius 3 is 2.73 bits per heavy atom. The first-order valence-corrected chi connectivity index (χ1v) is 7.08. The van der Waals surface area contributed by atoms with E-state index in [1.807, 2.05) is 44.1 Å². The van der Waals surface area contributed by atoms with E-state index < -0.39 is 0 Å². The third-order valence-electron chi connectivity index (χ3n) is 3.36. The summed E-state index contributed by atoms with van der Waals surface area (Å²) < 4.78 is 10.4. The first kappa shape index (κ1) is 16.1. The highest BCUT2D eigenvalue weighted by Crippen LogP contribution is 2.17. The number of carbonyl (C=O) groups excluding carboxylic acids is 1. The molecule has 0 saturated carbocycles. The van der Waals surface area contributed by atoms with Gasteiger partial charge in [0.05, 0.1) is 18.8 Å². The van der Waals surface area contributed by atoms with Gasteiger partial charge in [0.1, 0.15) is 17.2 Å². The minimum absolute atomic E-state index is 0.0124. The Balaban J connectivity index is 1.88. The monoisotopic (exact) mass is 306 g/mol. The molecule has 0 aliphatic carbocycles. The van der Waals surface area contributed by atoms with Gasteiger partial charge in [0.15, 0.2) is 0 Å². The van der Waals surface area contributed by atoms with Gasteiger partial charge in [-0.2, -0.15) is 0 Å². The lowest BCUT2D eigenvalue weighted by Gasteiger charge is -2.24. The van der Waals surface area contributed by atoms with E-state index in [0.717, 1.165) is 17.2 Å². The molecule has 0 radical (unpaired) electrons. The maximum absolute atomic E-state index is 12.2. The molecule has 0 bridgehead atoms. The van der Waals surface area contributed by atoms with Gasteiger partial charge in [-0.05, 0) is 33.2 Å². The van der Waals surface area contributed by atoms with Gasteiger partial charge in [-0.25, -0.2) is 4.79 Å². The number of hydrogen-bond donors (Lipinski definition) is 1. The molecule has 2 aromatic rings. The van der Waals surface area contributed by atoms with E-state index in [2.05, 4.69) is 10.5 Å². The zero-order valence-corrected chi connectivity index (χ0v) is 13.4. The van der Waals surface area contributed by atoms with Gasteiger partial charge in [-0.15, -0.1) is 0 Å². The van der Waals surface area contributed by atoms with Crippen molar-refractivity contribution in [1.29, 1.82) is 0 Å². The molecule has 0 aliphatic heterocycles. The number of likely N-dealkylation sites (N-methyl/N-ethyl adjacent to an activating group) is 1. The number of hydrogen-bond acceptors (Lipinski definition) is 5. The Kier molecular flexibility index (Phi) is 5.21. The molecule has 0 saturated heterocycles. The molecule has 2 rings (SSSR count). The van der Waals surface area contributed by atoms with Gasteiger partial charge < -0.3 is 19.2 Å². The second-order valence-electron chi connectivity index (χ2n) is 5.47. The van der Waals surface area contributed by atoms with Crippen molar-refractivity contribution in [3.05, 3.63) is 41.7 Å². The molecule has 1 atom stereocenters. The Hall–Kier alpha value is -2.28. The van der Waals surface area contributed by atoms with Crippen LogP contribution in [-0.4, -0.2) is 48.7 Å². The van der Waals surface area contributed by atoms with Crippen LogP contribution >= 0.6 is 0 Å². The average molecular weight is 306 g/mol. The van der Waals surface area contributed by atoms with Crippen LogP contribution in [0.3, 0.4) is 0 Å². The molecule has 7 heteroatoms. The molecule has 0 unspecified atom stereocenters. The topological polar surface area (TPSA) is 74.8 Å². The molecule has 0 aromatic carbocycles. The number of furan rings is 1. The van der Waals surface area contributed by atoms with Gasteiger partial charge in [0.25, 0.3) is 0 Å². The summed E-state index contributed by atoms with van der Waals surface area (Å²) in [6.07, 6.45) is 1.63. The summed E-state index contributed by atoms with van der Waals surface area (Å²) in [5.74, 6) is 1.55. The fourth-order valence-corrected chi connectivity index (χ4v) is 2.14. The summed E-state index contributed by atoms with van der Waals surface area (Å²) in [7, 11) is 5.61. The zero-order chi connectivity index (χ0) is 16.1. The predicted octanol–water partition coefficient (Wildman–Crippen LogP) is 2.02. The number of aromatic nitrogens is 1. The molecule has 120 valence electrons. The van der Waals surface area contributed by atoms with Crippen LogP contribution in [0.4, 0.5) is 4.79 Å². The van der Waals surface area contributed by atoms with E-state index in [1.165, 1.54) is 0 Å². The number of amides is 2. The van der Waals surface area contributed by atoms with E-state index in [0.29, 0.717) is 13.1 Å². The average Bonchev–Trinajstić information content (AvgIpc) is 3.10. The first-order chi connectivity index (χ1) is 10.5. The number of rotatable bonds is 6. The van der Waals surface area contributed by atoms with Gasteiger partial charge in [-0.3, -0.25) is 4.90 Å². The van der Waals surface area contributed by atoms with Crippen molar-refractivity contribution in [1.82, 2.24) is 20.3 Å².